The molecule has 0 saturated heterocycles. The van der Waals surface area contributed by atoms with Gasteiger partial charge in [0.1, 0.15) is 0 Å². The van der Waals surface area contributed by atoms with Crippen LogP contribution in [0.15, 0.2) is 0 Å². The Balaban J connectivity index is 0. The van der Waals surface area contributed by atoms with Crippen molar-refractivity contribution in [2.75, 3.05) is 6.54 Å². The average Bonchev–Trinajstić information content (AvgIpc) is 2.26. The van der Waals surface area contributed by atoms with E-state index < -0.39 is 0 Å². The quantitative estimate of drug-likeness (QED) is 0.651. The molecule has 0 unspecified atom stereocenters. The predicted molar refractivity (Wildman–Crippen MR) is 71.9 cm³/mol. The second-order valence-corrected chi connectivity index (χ2v) is 4.30. The maximum atomic E-state index is 11.4. The van der Waals surface area contributed by atoms with E-state index in [1.807, 2.05) is 0 Å². The van der Waals surface area contributed by atoms with E-state index in [0.717, 1.165) is 32.1 Å². The van der Waals surface area contributed by atoms with Crippen LogP contribution in [-0.4, -0.2) is 18.0 Å². The van der Waals surface area contributed by atoms with Crippen LogP contribution < -0.4 is 11.1 Å². The molecule has 0 aliphatic rings. The Morgan fingerprint density at radius 2 is 1.75 bits per heavy atom. The van der Waals surface area contributed by atoms with Crippen LogP contribution >= 0.6 is 12.4 Å². The van der Waals surface area contributed by atoms with Gasteiger partial charge >= 0.3 is 0 Å². The number of amides is 1. The van der Waals surface area contributed by atoms with Crippen LogP contribution in [-0.2, 0) is 4.79 Å². The summed E-state index contributed by atoms with van der Waals surface area (Å²) >= 11 is 0. The Hall–Kier alpha value is -0.280. The lowest BCUT2D eigenvalue weighted by atomic mass is 9.94. The van der Waals surface area contributed by atoms with Gasteiger partial charge in [-0.25, -0.2) is 0 Å². The highest BCUT2D eigenvalue weighted by molar-refractivity contribution is 5.85. The number of nitrogens with two attached hydrogens (primary N) is 1. The van der Waals surface area contributed by atoms with Gasteiger partial charge < -0.3 is 11.1 Å². The molecule has 0 rings (SSSR count). The maximum absolute atomic E-state index is 11.4. The van der Waals surface area contributed by atoms with E-state index in [1.54, 1.807) is 0 Å². The second kappa shape index (κ2) is 9.91. The zero-order valence-electron chi connectivity index (χ0n) is 10.8. The van der Waals surface area contributed by atoms with Crippen molar-refractivity contribution in [1.82, 2.24) is 5.32 Å². The van der Waals surface area contributed by atoms with E-state index in [4.69, 9.17) is 5.73 Å². The highest BCUT2D eigenvalue weighted by atomic mass is 35.5. The molecule has 98 valence electrons. The summed E-state index contributed by atoms with van der Waals surface area (Å²) in [6.45, 7) is 6.86. The smallest absolute Gasteiger partial charge is 0.220 e. The van der Waals surface area contributed by atoms with Gasteiger partial charge in [0.15, 0.2) is 0 Å². The lowest BCUT2D eigenvalue weighted by Gasteiger charge is -2.26. The molecule has 0 radical (unpaired) electrons. The van der Waals surface area contributed by atoms with Crippen molar-refractivity contribution in [3.8, 4) is 0 Å². The summed E-state index contributed by atoms with van der Waals surface area (Å²) in [5, 5.41) is 2.92. The number of nitrogens with one attached hydrogen (secondary N) is 1. The first-order valence-electron chi connectivity index (χ1n) is 6.13. The van der Waals surface area contributed by atoms with Gasteiger partial charge in [0, 0.05) is 18.5 Å². The van der Waals surface area contributed by atoms with Gasteiger partial charge in [-0.3, -0.25) is 4.79 Å². The molecule has 3 nitrogen and oxygen atoms in total. The van der Waals surface area contributed by atoms with Crippen molar-refractivity contribution in [1.29, 1.82) is 0 Å². The van der Waals surface area contributed by atoms with Crippen molar-refractivity contribution in [2.45, 2.75) is 64.8 Å². The fourth-order valence-electron chi connectivity index (χ4n) is 1.40. The van der Waals surface area contributed by atoms with Gasteiger partial charge in [0.25, 0.3) is 0 Å². The number of halogens is 1. The van der Waals surface area contributed by atoms with Gasteiger partial charge in [-0.15, -0.1) is 12.4 Å². The third-order valence-electron chi connectivity index (χ3n) is 3.05. The first-order valence-corrected chi connectivity index (χ1v) is 6.13. The fraction of sp³-hybridized carbons (Fsp3) is 0.917. The minimum Gasteiger partial charge on any atom is -0.354 e. The summed E-state index contributed by atoms with van der Waals surface area (Å²) in [6, 6.07) is 0. The van der Waals surface area contributed by atoms with E-state index >= 15 is 0 Å². The molecular weight excluding hydrogens is 224 g/mol. The Labute approximate surface area is 106 Å². The van der Waals surface area contributed by atoms with Crippen LogP contribution in [0.2, 0.25) is 0 Å². The zero-order chi connectivity index (χ0) is 11.7. The molecule has 0 aliphatic carbocycles. The molecule has 4 heteroatoms. The molecule has 0 bridgehead atoms. The number of unbranched alkanes of at least 4 members (excludes halogenated alkanes) is 2. The number of rotatable bonds is 8. The van der Waals surface area contributed by atoms with Crippen LogP contribution in [0.4, 0.5) is 0 Å². The molecule has 0 saturated carbocycles. The van der Waals surface area contributed by atoms with Crippen LogP contribution in [0.5, 0.6) is 0 Å². The summed E-state index contributed by atoms with van der Waals surface area (Å²) in [4.78, 5) is 11.4. The molecule has 0 fully saturated rings. The first kappa shape index (κ1) is 18.1. The molecule has 3 N–H and O–H groups in total. The Morgan fingerprint density at radius 1 is 1.19 bits per heavy atom. The predicted octanol–water partition coefficient (Wildman–Crippen LogP) is 2.62. The van der Waals surface area contributed by atoms with Gasteiger partial charge in [0.2, 0.25) is 5.91 Å². The lowest BCUT2D eigenvalue weighted by Crippen LogP contribution is -2.49. The summed E-state index contributed by atoms with van der Waals surface area (Å²) in [7, 11) is 0. The molecule has 0 spiro atoms. The van der Waals surface area contributed by atoms with Crippen LogP contribution in [0.25, 0.3) is 0 Å². The van der Waals surface area contributed by atoms with Crippen LogP contribution in [0, 0.1) is 0 Å². The van der Waals surface area contributed by atoms with E-state index in [2.05, 4.69) is 26.1 Å². The molecule has 0 aromatic rings. The number of hydrogen-bond donors (Lipinski definition) is 2. The molecule has 0 aromatic carbocycles. The fourth-order valence-corrected chi connectivity index (χ4v) is 1.40. The Bertz CT molecular complexity index is 182. The van der Waals surface area contributed by atoms with Crippen molar-refractivity contribution >= 4 is 18.3 Å². The maximum Gasteiger partial charge on any atom is 0.220 e. The van der Waals surface area contributed by atoms with E-state index in [1.165, 1.54) is 0 Å². The monoisotopic (exact) mass is 250 g/mol. The molecule has 0 aliphatic heterocycles. The largest absolute Gasteiger partial charge is 0.354 e. The van der Waals surface area contributed by atoms with Crippen molar-refractivity contribution < 1.29 is 4.79 Å². The minimum atomic E-state index is -0.222. The van der Waals surface area contributed by atoms with Crippen LogP contribution in [0.3, 0.4) is 0 Å². The molecule has 1 amide bonds. The van der Waals surface area contributed by atoms with Crippen molar-refractivity contribution in [3.05, 3.63) is 0 Å². The molecule has 0 heterocycles. The molecule has 0 atom stereocenters. The summed E-state index contributed by atoms with van der Waals surface area (Å²) in [5.74, 6) is 0.139. The SMILES string of the molecule is CCCCCC(=O)NCC(N)(CC)CC.Cl. The first-order chi connectivity index (χ1) is 7.08. The Kier molecular flexibility index (Phi) is 11.2. The zero-order valence-corrected chi connectivity index (χ0v) is 11.7. The van der Waals surface area contributed by atoms with Gasteiger partial charge in [-0.1, -0.05) is 33.6 Å². The standard InChI is InChI=1S/C12H26N2O.ClH/c1-4-7-8-9-11(15)14-10-12(13,5-2)6-3;/h4-10,13H2,1-3H3,(H,14,15);1H. The normalized spacial score (nSPS) is 10.8. The second-order valence-electron chi connectivity index (χ2n) is 4.30. The molecule has 0 aromatic heterocycles. The minimum absolute atomic E-state index is 0. The summed E-state index contributed by atoms with van der Waals surface area (Å²) in [5.41, 5.74) is 5.86. The van der Waals surface area contributed by atoms with Gasteiger partial charge in [-0.2, -0.15) is 0 Å². The number of carbonyl (C=O) groups excluding carboxylic acids is 1. The summed E-state index contributed by atoms with van der Waals surface area (Å²) < 4.78 is 0. The van der Waals surface area contributed by atoms with Crippen LogP contribution in [0.1, 0.15) is 59.3 Å². The lowest BCUT2D eigenvalue weighted by molar-refractivity contribution is -0.121. The molecular formula is C12H27ClN2O. The highest BCUT2D eigenvalue weighted by Crippen LogP contribution is 2.09. The van der Waals surface area contributed by atoms with Gasteiger partial charge in [-0.05, 0) is 19.3 Å². The third kappa shape index (κ3) is 7.94. The van der Waals surface area contributed by atoms with Gasteiger partial charge in [0.05, 0.1) is 0 Å². The average molecular weight is 251 g/mol. The van der Waals surface area contributed by atoms with Crippen molar-refractivity contribution in [2.24, 2.45) is 5.73 Å². The highest BCUT2D eigenvalue weighted by Gasteiger charge is 2.20. The molecule has 16 heavy (non-hydrogen) atoms. The Morgan fingerprint density at radius 3 is 2.19 bits per heavy atom. The number of carbonyl (C=O) groups is 1. The van der Waals surface area contributed by atoms with Crippen molar-refractivity contribution in [3.63, 3.8) is 0 Å². The topological polar surface area (TPSA) is 55.1 Å². The number of hydrogen-bond acceptors (Lipinski definition) is 2. The van der Waals surface area contributed by atoms with E-state index in [0.29, 0.717) is 13.0 Å². The summed E-state index contributed by atoms with van der Waals surface area (Å²) in [6.07, 6.45) is 5.70. The van der Waals surface area contributed by atoms with E-state index in [9.17, 15) is 4.79 Å². The third-order valence-corrected chi connectivity index (χ3v) is 3.05. The van der Waals surface area contributed by atoms with E-state index in [-0.39, 0.29) is 23.9 Å².